The van der Waals surface area contributed by atoms with Crippen molar-refractivity contribution in [3.05, 3.63) is 64.8 Å². The highest BCUT2D eigenvalue weighted by atomic mass is 79.9. The van der Waals surface area contributed by atoms with Crippen molar-refractivity contribution in [2.75, 3.05) is 7.11 Å². The Labute approximate surface area is 162 Å². The lowest BCUT2D eigenvalue weighted by atomic mass is 10.2. The number of aromatic nitrogens is 3. The zero-order chi connectivity index (χ0) is 19.6. The number of carbonyl (C=O) groups is 2. The molecule has 0 aliphatic heterocycles. The Kier molecular flexibility index (Phi) is 5.41. The molecule has 1 aromatic carbocycles. The summed E-state index contributed by atoms with van der Waals surface area (Å²) in [5.74, 6) is -1.26. The molecule has 1 amide bonds. The van der Waals surface area contributed by atoms with E-state index >= 15 is 0 Å². The van der Waals surface area contributed by atoms with Gasteiger partial charge in [0.15, 0.2) is 5.82 Å². The molecule has 1 atom stereocenters. The summed E-state index contributed by atoms with van der Waals surface area (Å²) in [5.41, 5.74) is 0.367. The number of methoxy groups -OCH3 is 1. The number of rotatable bonds is 5. The summed E-state index contributed by atoms with van der Waals surface area (Å²) in [6.45, 7) is 1.51. The molecule has 0 unspecified atom stereocenters. The molecule has 0 saturated carbocycles. The number of carbonyl (C=O) groups excluding carboxylic acids is 2. The van der Waals surface area contributed by atoms with E-state index < -0.39 is 23.7 Å². The Morgan fingerprint density at radius 1 is 1.30 bits per heavy atom. The summed E-state index contributed by atoms with van der Waals surface area (Å²) in [6, 6.07) is 7.25. The van der Waals surface area contributed by atoms with Gasteiger partial charge in [-0.05, 0) is 37.3 Å². The van der Waals surface area contributed by atoms with Gasteiger partial charge < -0.3 is 14.6 Å². The van der Waals surface area contributed by atoms with Gasteiger partial charge in [0.05, 0.1) is 13.3 Å². The number of hydrogen-bond acceptors (Lipinski definition) is 4. The minimum Gasteiger partial charge on any atom is -0.467 e. The number of esters is 1. The third-order valence-electron chi connectivity index (χ3n) is 3.88. The molecule has 0 aliphatic carbocycles. The van der Waals surface area contributed by atoms with Gasteiger partial charge in [-0.25, -0.2) is 13.9 Å². The molecule has 0 saturated heterocycles. The van der Waals surface area contributed by atoms with Crippen LogP contribution in [-0.2, 0) is 9.53 Å². The highest BCUT2D eigenvalue weighted by Crippen LogP contribution is 2.24. The summed E-state index contributed by atoms with van der Waals surface area (Å²) in [6.07, 6.45) is 4.76. The van der Waals surface area contributed by atoms with E-state index in [1.165, 1.54) is 31.0 Å². The fourth-order valence-electron chi connectivity index (χ4n) is 2.57. The monoisotopic (exact) mass is 434 g/mol. The Morgan fingerprint density at radius 2 is 2.00 bits per heavy atom. The summed E-state index contributed by atoms with van der Waals surface area (Å²) in [4.78, 5) is 24.3. The average Bonchev–Trinajstić information content (AvgIpc) is 3.30. The van der Waals surface area contributed by atoms with Gasteiger partial charge >= 0.3 is 5.97 Å². The maximum Gasteiger partial charge on any atom is 0.328 e. The lowest BCUT2D eigenvalue weighted by molar-refractivity contribution is -0.142. The first kappa shape index (κ1) is 18.8. The molecule has 0 bridgehead atoms. The number of ether oxygens (including phenoxy) is 1. The number of halogens is 2. The summed E-state index contributed by atoms with van der Waals surface area (Å²) < 4.78 is 22.7. The zero-order valence-corrected chi connectivity index (χ0v) is 16.1. The summed E-state index contributed by atoms with van der Waals surface area (Å²) in [7, 11) is 1.24. The van der Waals surface area contributed by atoms with E-state index in [9.17, 15) is 14.0 Å². The Bertz CT molecular complexity index is 985. The van der Waals surface area contributed by atoms with Crippen molar-refractivity contribution in [1.29, 1.82) is 0 Å². The highest BCUT2D eigenvalue weighted by molar-refractivity contribution is 9.10. The molecule has 3 aromatic rings. The number of nitrogens with zero attached hydrogens (tertiary/aromatic N) is 3. The van der Waals surface area contributed by atoms with Crippen LogP contribution in [0.4, 0.5) is 4.39 Å². The molecule has 2 aromatic heterocycles. The average molecular weight is 435 g/mol. The molecule has 0 fully saturated rings. The summed E-state index contributed by atoms with van der Waals surface area (Å²) >= 11 is 3.22. The predicted octanol–water partition coefficient (Wildman–Crippen LogP) is 2.86. The van der Waals surface area contributed by atoms with Gasteiger partial charge in [-0.1, -0.05) is 15.9 Å². The van der Waals surface area contributed by atoms with E-state index in [2.05, 4.69) is 31.1 Å². The van der Waals surface area contributed by atoms with E-state index in [1.54, 1.807) is 41.2 Å². The van der Waals surface area contributed by atoms with Crippen LogP contribution in [0, 0.1) is 5.82 Å². The van der Waals surface area contributed by atoms with Gasteiger partial charge in [-0.15, -0.1) is 0 Å². The standard InChI is InChI=1S/C18H16BrFN4O3/c1-11(18(26)27-2)22-16(25)13-10-21-24(17(13)23-7-3-4-8-23)15-6-5-12(19)9-14(15)20/h3-11H,1-2H3,(H,22,25)/t11-/m0/s1. The predicted molar refractivity (Wildman–Crippen MR) is 99.5 cm³/mol. The van der Waals surface area contributed by atoms with Crippen LogP contribution in [0.1, 0.15) is 17.3 Å². The molecular weight excluding hydrogens is 419 g/mol. The van der Waals surface area contributed by atoms with Crippen molar-refractivity contribution < 1.29 is 18.7 Å². The van der Waals surface area contributed by atoms with Crippen molar-refractivity contribution in [3.8, 4) is 11.5 Å². The van der Waals surface area contributed by atoms with Crippen LogP contribution in [0.25, 0.3) is 11.5 Å². The van der Waals surface area contributed by atoms with Crippen molar-refractivity contribution in [3.63, 3.8) is 0 Å². The molecule has 0 spiro atoms. The van der Waals surface area contributed by atoms with Crippen molar-refractivity contribution in [2.24, 2.45) is 0 Å². The molecule has 3 rings (SSSR count). The van der Waals surface area contributed by atoms with Crippen molar-refractivity contribution in [2.45, 2.75) is 13.0 Å². The topological polar surface area (TPSA) is 78.2 Å². The first-order chi connectivity index (χ1) is 12.9. The van der Waals surface area contributed by atoms with Crippen LogP contribution in [-0.4, -0.2) is 39.4 Å². The molecule has 7 nitrogen and oxygen atoms in total. The second-order valence-corrected chi connectivity index (χ2v) is 6.61. The second-order valence-electron chi connectivity index (χ2n) is 5.70. The third kappa shape index (κ3) is 3.77. The van der Waals surface area contributed by atoms with Gasteiger partial charge in [0.2, 0.25) is 0 Å². The lowest BCUT2D eigenvalue weighted by Crippen LogP contribution is -2.39. The maximum absolute atomic E-state index is 14.5. The van der Waals surface area contributed by atoms with Crippen LogP contribution in [0.2, 0.25) is 0 Å². The van der Waals surface area contributed by atoms with Gasteiger partial charge in [0.1, 0.15) is 23.1 Å². The van der Waals surface area contributed by atoms with Gasteiger partial charge in [0, 0.05) is 16.9 Å². The smallest absolute Gasteiger partial charge is 0.328 e. The minimum atomic E-state index is -0.840. The van der Waals surface area contributed by atoms with Gasteiger partial charge in [0.25, 0.3) is 5.91 Å². The van der Waals surface area contributed by atoms with Gasteiger partial charge in [-0.2, -0.15) is 5.10 Å². The van der Waals surface area contributed by atoms with Crippen LogP contribution >= 0.6 is 15.9 Å². The zero-order valence-electron chi connectivity index (χ0n) is 14.5. The molecule has 0 aliphatic rings. The maximum atomic E-state index is 14.5. The largest absolute Gasteiger partial charge is 0.467 e. The molecule has 140 valence electrons. The van der Waals surface area contributed by atoms with Crippen molar-refractivity contribution in [1.82, 2.24) is 19.7 Å². The summed E-state index contributed by atoms with van der Waals surface area (Å²) in [5, 5.41) is 6.75. The van der Waals surface area contributed by atoms with E-state index in [0.29, 0.717) is 10.3 Å². The van der Waals surface area contributed by atoms with E-state index in [-0.39, 0.29) is 11.3 Å². The highest BCUT2D eigenvalue weighted by Gasteiger charge is 2.24. The van der Waals surface area contributed by atoms with E-state index in [4.69, 9.17) is 0 Å². The molecule has 27 heavy (non-hydrogen) atoms. The normalized spacial score (nSPS) is 11.9. The van der Waals surface area contributed by atoms with Crippen molar-refractivity contribution >= 4 is 27.8 Å². The fourth-order valence-corrected chi connectivity index (χ4v) is 2.90. The molecule has 1 N–H and O–H groups in total. The van der Waals surface area contributed by atoms with E-state index in [0.717, 1.165) is 0 Å². The molecular formula is C18H16BrFN4O3. The number of benzene rings is 1. The van der Waals surface area contributed by atoms with Crippen LogP contribution in [0.15, 0.2) is 53.4 Å². The van der Waals surface area contributed by atoms with E-state index in [1.807, 2.05) is 0 Å². The van der Waals surface area contributed by atoms with Crippen LogP contribution in [0.3, 0.4) is 0 Å². The quantitative estimate of drug-likeness (QED) is 0.626. The number of amides is 1. The van der Waals surface area contributed by atoms with Crippen LogP contribution in [0.5, 0.6) is 0 Å². The fraction of sp³-hybridized carbons (Fsp3) is 0.167. The molecule has 0 radical (unpaired) electrons. The second kappa shape index (κ2) is 7.75. The Balaban J connectivity index is 2.07. The molecule has 9 heteroatoms. The van der Waals surface area contributed by atoms with Gasteiger partial charge in [-0.3, -0.25) is 4.79 Å². The Morgan fingerprint density at radius 3 is 2.63 bits per heavy atom. The lowest BCUT2D eigenvalue weighted by Gasteiger charge is -2.14. The third-order valence-corrected chi connectivity index (χ3v) is 4.37. The first-order valence-corrected chi connectivity index (χ1v) is 8.77. The number of nitrogens with one attached hydrogen (secondary N) is 1. The number of hydrogen-bond donors (Lipinski definition) is 1. The minimum absolute atomic E-state index is 0.182. The van der Waals surface area contributed by atoms with Crippen LogP contribution < -0.4 is 5.32 Å². The molecule has 2 heterocycles. The SMILES string of the molecule is COC(=O)[C@H](C)NC(=O)c1cnn(-c2ccc(Br)cc2F)c1-n1cccc1. The first-order valence-electron chi connectivity index (χ1n) is 7.98. The Hall–Kier alpha value is -2.94.